The van der Waals surface area contributed by atoms with E-state index in [0.717, 1.165) is 37.8 Å². The van der Waals surface area contributed by atoms with Crippen LogP contribution in [0.5, 0.6) is 11.5 Å². The number of carbonyl (C=O) groups excluding carboxylic acids is 4. The topological polar surface area (TPSA) is 105 Å². The summed E-state index contributed by atoms with van der Waals surface area (Å²) in [6.07, 6.45) is 5.40. The normalized spacial score (nSPS) is 19.3. The highest BCUT2D eigenvalue weighted by molar-refractivity contribution is 6.47. The fourth-order valence-corrected chi connectivity index (χ4v) is 7.08. The van der Waals surface area contributed by atoms with Crippen molar-refractivity contribution in [2.45, 2.75) is 66.2 Å². The van der Waals surface area contributed by atoms with Crippen LogP contribution in [0.15, 0.2) is 12.1 Å². The van der Waals surface area contributed by atoms with E-state index in [2.05, 4.69) is 27.7 Å². The molecule has 2 aliphatic rings. The first-order valence-corrected chi connectivity index (χ1v) is 16.8. The lowest BCUT2D eigenvalue weighted by Gasteiger charge is -2.44. The number of halogens is 6. The summed E-state index contributed by atoms with van der Waals surface area (Å²) in [7, 11) is 0. The third-order valence-corrected chi connectivity index (χ3v) is 11.2. The maximum absolute atomic E-state index is 13.1. The lowest BCUT2D eigenvalue weighted by Crippen LogP contribution is -2.35. The summed E-state index contributed by atoms with van der Waals surface area (Å²) in [5, 5.41) is -1.47. The largest absolute Gasteiger partial charge is 0.462 e. The minimum Gasteiger partial charge on any atom is -0.462 e. The van der Waals surface area contributed by atoms with Crippen molar-refractivity contribution in [3.8, 4) is 11.5 Å². The van der Waals surface area contributed by atoms with Gasteiger partial charge in [-0.1, -0.05) is 97.3 Å². The third-order valence-electron chi connectivity index (χ3n) is 9.10. The molecule has 0 aliphatic heterocycles. The summed E-state index contributed by atoms with van der Waals surface area (Å²) >= 11 is 37.3. The molecule has 0 aromatic heterocycles. The molecular weight excluding hydrogens is 725 g/mol. The van der Waals surface area contributed by atoms with Gasteiger partial charge < -0.3 is 18.9 Å². The Morgan fingerprint density at radius 2 is 0.978 bits per heavy atom. The van der Waals surface area contributed by atoms with Gasteiger partial charge in [-0.2, -0.15) is 0 Å². The average molecular weight is 757 g/mol. The first-order valence-electron chi connectivity index (χ1n) is 14.6. The summed E-state index contributed by atoms with van der Waals surface area (Å²) in [5.74, 6) is -5.63. The Morgan fingerprint density at radius 3 is 1.26 bits per heavy atom. The van der Waals surface area contributed by atoms with Crippen LogP contribution in [0.25, 0.3) is 0 Å². The van der Waals surface area contributed by atoms with Crippen LogP contribution in [0.2, 0.25) is 30.1 Å². The van der Waals surface area contributed by atoms with E-state index in [9.17, 15) is 19.2 Å². The minimum absolute atomic E-state index is 0.0654. The second-order valence-corrected chi connectivity index (χ2v) is 15.2. The lowest BCUT2D eigenvalue weighted by molar-refractivity contribution is -0.156. The van der Waals surface area contributed by atoms with Gasteiger partial charge in [0.2, 0.25) is 0 Å². The lowest BCUT2D eigenvalue weighted by atomic mass is 9.61. The Morgan fingerprint density at radius 1 is 0.630 bits per heavy atom. The molecule has 2 fully saturated rings. The molecule has 14 heteroatoms. The maximum Gasteiger partial charge on any atom is 0.423 e. The van der Waals surface area contributed by atoms with E-state index in [1.54, 1.807) is 0 Å². The molecule has 2 aromatic carbocycles. The Balaban J connectivity index is 1.50. The van der Waals surface area contributed by atoms with E-state index >= 15 is 0 Å². The van der Waals surface area contributed by atoms with E-state index in [1.807, 2.05) is 0 Å². The van der Waals surface area contributed by atoms with Crippen LogP contribution in [0, 0.1) is 22.7 Å². The second-order valence-electron chi connectivity index (χ2n) is 12.8. The summed E-state index contributed by atoms with van der Waals surface area (Å²) in [6.45, 7) is 8.69. The number of esters is 4. The second kappa shape index (κ2) is 14.7. The molecule has 2 unspecified atom stereocenters. The third kappa shape index (κ3) is 8.01. The van der Waals surface area contributed by atoms with Crippen LogP contribution in [-0.2, 0) is 19.1 Å². The van der Waals surface area contributed by atoms with Crippen LogP contribution in [0.3, 0.4) is 0 Å². The highest BCUT2D eigenvalue weighted by Crippen LogP contribution is 2.49. The van der Waals surface area contributed by atoms with Gasteiger partial charge in [-0.25, -0.2) is 19.2 Å². The van der Waals surface area contributed by atoms with Gasteiger partial charge >= 0.3 is 23.9 Å². The van der Waals surface area contributed by atoms with Crippen molar-refractivity contribution in [2.24, 2.45) is 22.7 Å². The molecule has 2 saturated carbocycles. The highest BCUT2D eigenvalue weighted by Gasteiger charge is 2.39. The smallest absolute Gasteiger partial charge is 0.423 e. The molecule has 2 atom stereocenters. The average Bonchev–Trinajstić information content (AvgIpc) is 2.97. The van der Waals surface area contributed by atoms with Crippen molar-refractivity contribution in [1.29, 1.82) is 0 Å². The Labute approximate surface area is 297 Å². The fraction of sp³-hybridized carbons (Fsp3) is 0.500. The maximum atomic E-state index is 13.1. The van der Waals surface area contributed by atoms with Crippen LogP contribution in [-0.4, -0.2) is 37.1 Å². The van der Waals surface area contributed by atoms with Gasteiger partial charge in [0.25, 0.3) is 0 Å². The van der Waals surface area contributed by atoms with E-state index in [1.165, 1.54) is 0 Å². The zero-order valence-corrected chi connectivity index (χ0v) is 30.0. The monoisotopic (exact) mass is 754 g/mol. The predicted octanol–water partition coefficient (Wildman–Crippen LogP) is 10.1. The van der Waals surface area contributed by atoms with Crippen molar-refractivity contribution in [2.75, 3.05) is 13.2 Å². The summed E-state index contributed by atoms with van der Waals surface area (Å²) in [5.41, 5.74) is -0.629. The standard InChI is InChI=1S/C32H32Cl6O8/c1-31(2)9-5-15(31)7-11-43-27(39)21-23(37)17(33)13-19(35)25(21)45-29(41)30(42)46-26-20(36)14-18(34)24(38)22(26)28(40)44-12-8-16-6-10-32(16,3)4/h13-16H,5-12H2,1-4H3. The van der Waals surface area contributed by atoms with Crippen LogP contribution in [0.4, 0.5) is 0 Å². The number of hydrogen-bond donors (Lipinski definition) is 0. The molecule has 8 nitrogen and oxygen atoms in total. The molecule has 2 aliphatic carbocycles. The van der Waals surface area contributed by atoms with E-state index in [0.29, 0.717) is 24.7 Å². The summed E-state index contributed by atoms with van der Waals surface area (Å²) < 4.78 is 21.2. The Bertz CT molecular complexity index is 1460. The van der Waals surface area contributed by atoms with Crippen molar-refractivity contribution >= 4 is 93.5 Å². The van der Waals surface area contributed by atoms with Crippen LogP contribution in [0.1, 0.15) is 86.9 Å². The van der Waals surface area contributed by atoms with Gasteiger partial charge in [0.15, 0.2) is 11.5 Å². The number of benzene rings is 2. The molecule has 250 valence electrons. The zero-order chi connectivity index (χ0) is 34.1. The molecular formula is C32H32Cl6O8. The van der Waals surface area contributed by atoms with Gasteiger partial charge in [-0.15, -0.1) is 0 Å². The van der Waals surface area contributed by atoms with E-state index in [4.69, 9.17) is 88.6 Å². The zero-order valence-electron chi connectivity index (χ0n) is 25.5. The first kappa shape index (κ1) is 36.9. The fourth-order valence-electron chi connectivity index (χ4n) is 5.64. The van der Waals surface area contributed by atoms with Crippen LogP contribution >= 0.6 is 69.6 Å². The molecule has 0 radical (unpaired) electrons. The SMILES string of the molecule is CC1(C)CCC1CCOC(=O)c1c(Cl)c(Cl)cc(Cl)c1OC(=O)C(=O)Oc1c(Cl)cc(Cl)c(Cl)c1C(=O)OCCC1CCC1(C)C. The van der Waals surface area contributed by atoms with Crippen molar-refractivity contribution < 1.29 is 38.1 Å². The van der Waals surface area contributed by atoms with Crippen molar-refractivity contribution in [3.05, 3.63) is 53.4 Å². The number of ether oxygens (including phenoxy) is 4. The Kier molecular flexibility index (Phi) is 11.8. The first-order chi connectivity index (χ1) is 21.4. The molecule has 2 aromatic rings. The quantitative estimate of drug-likeness (QED) is 0.102. The van der Waals surface area contributed by atoms with Gasteiger partial charge in [0, 0.05) is 0 Å². The van der Waals surface area contributed by atoms with Crippen molar-refractivity contribution in [1.82, 2.24) is 0 Å². The van der Waals surface area contributed by atoms with Gasteiger partial charge in [0.1, 0.15) is 11.1 Å². The number of carbonyl (C=O) groups is 4. The summed E-state index contributed by atoms with van der Waals surface area (Å²) in [6, 6.07) is 2.25. The number of rotatable bonds is 10. The molecule has 0 bridgehead atoms. The van der Waals surface area contributed by atoms with E-state index < -0.39 is 46.5 Å². The van der Waals surface area contributed by atoms with Gasteiger partial charge in [0.05, 0.1) is 43.3 Å². The molecule has 0 spiro atoms. The van der Waals surface area contributed by atoms with E-state index in [-0.39, 0.29) is 54.2 Å². The summed E-state index contributed by atoms with van der Waals surface area (Å²) in [4.78, 5) is 52.1. The molecule has 46 heavy (non-hydrogen) atoms. The van der Waals surface area contributed by atoms with Gasteiger partial charge in [-0.05, 0) is 73.3 Å². The highest BCUT2D eigenvalue weighted by atomic mass is 35.5. The molecule has 0 saturated heterocycles. The predicted molar refractivity (Wildman–Crippen MR) is 177 cm³/mol. The molecule has 4 rings (SSSR count). The molecule has 0 N–H and O–H groups in total. The molecule has 0 amide bonds. The van der Waals surface area contributed by atoms with Crippen molar-refractivity contribution in [3.63, 3.8) is 0 Å². The Hall–Kier alpha value is -1.94. The number of hydrogen-bond acceptors (Lipinski definition) is 8. The van der Waals surface area contributed by atoms with Gasteiger partial charge in [-0.3, -0.25) is 0 Å². The minimum atomic E-state index is -1.64. The molecule has 0 heterocycles. The van der Waals surface area contributed by atoms with Crippen LogP contribution < -0.4 is 9.47 Å².